The van der Waals surface area contributed by atoms with Crippen molar-refractivity contribution in [3.05, 3.63) is 68.7 Å². The molecule has 28 heavy (non-hydrogen) atoms. The topological polar surface area (TPSA) is 122 Å². The molecule has 0 saturated carbocycles. The Morgan fingerprint density at radius 1 is 1.32 bits per heavy atom. The third-order valence-corrected chi connectivity index (χ3v) is 5.05. The summed E-state index contributed by atoms with van der Waals surface area (Å²) in [5, 5.41) is 14.7. The van der Waals surface area contributed by atoms with Gasteiger partial charge in [-0.2, -0.15) is 5.10 Å². The Labute approximate surface area is 166 Å². The molecular formula is C17H17ClN4O5S. The average Bonchev–Trinajstić information content (AvgIpc) is 2.60. The van der Waals surface area contributed by atoms with E-state index in [-0.39, 0.29) is 16.3 Å². The summed E-state index contributed by atoms with van der Waals surface area (Å²) in [4.78, 5) is 22.4. The lowest BCUT2D eigenvalue weighted by Gasteiger charge is -2.21. The molecule has 9 nitrogen and oxygen atoms in total. The van der Waals surface area contributed by atoms with Gasteiger partial charge >= 0.3 is 0 Å². The molecule has 0 radical (unpaired) electrons. The predicted molar refractivity (Wildman–Crippen MR) is 107 cm³/mol. The van der Waals surface area contributed by atoms with Crippen molar-refractivity contribution in [3.8, 4) is 0 Å². The summed E-state index contributed by atoms with van der Waals surface area (Å²) in [6.45, 7) is 1.32. The van der Waals surface area contributed by atoms with Crippen LogP contribution >= 0.6 is 11.6 Å². The molecule has 0 bridgehead atoms. The Morgan fingerprint density at radius 3 is 2.64 bits per heavy atom. The molecule has 0 atom stereocenters. The second-order valence-corrected chi connectivity index (χ2v) is 8.18. The number of halogens is 1. The molecule has 1 amide bonds. The first-order valence-electron chi connectivity index (χ1n) is 7.88. The van der Waals surface area contributed by atoms with Gasteiger partial charge in [0.05, 0.1) is 23.1 Å². The maximum atomic E-state index is 12.1. The van der Waals surface area contributed by atoms with E-state index in [9.17, 15) is 23.3 Å². The predicted octanol–water partition coefficient (Wildman–Crippen LogP) is 2.47. The Kier molecular flexibility index (Phi) is 6.71. The van der Waals surface area contributed by atoms with Crippen LogP contribution in [0.15, 0.2) is 47.6 Å². The van der Waals surface area contributed by atoms with Crippen LogP contribution in [0.25, 0.3) is 0 Å². The number of sulfonamides is 1. The van der Waals surface area contributed by atoms with E-state index in [1.54, 1.807) is 31.2 Å². The molecule has 0 spiro atoms. The van der Waals surface area contributed by atoms with Crippen molar-refractivity contribution < 1.29 is 18.1 Å². The molecule has 0 heterocycles. The van der Waals surface area contributed by atoms with Crippen LogP contribution in [0.4, 0.5) is 11.4 Å². The zero-order valence-corrected chi connectivity index (χ0v) is 16.6. The quantitative estimate of drug-likeness (QED) is 0.415. The molecule has 0 fully saturated rings. The first kappa shape index (κ1) is 21.3. The fourth-order valence-corrected chi connectivity index (χ4v) is 3.28. The van der Waals surface area contributed by atoms with E-state index < -0.39 is 27.4 Å². The second kappa shape index (κ2) is 8.81. The zero-order valence-electron chi connectivity index (χ0n) is 15.0. The molecule has 148 valence electrons. The van der Waals surface area contributed by atoms with E-state index >= 15 is 0 Å². The summed E-state index contributed by atoms with van der Waals surface area (Å²) in [5.74, 6) is -0.690. The largest absolute Gasteiger partial charge is 0.271 e. The molecule has 2 aromatic rings. The number of hydrogen-bond donors (Lipinski definition) is 1. The number of nitro benzene ring substituents is 1. The summed E-state index contributed by atoms with van der Waals surface area (Å²) < 4.78 is 25.0. The van der Waals surface area contributed by atoms with E-state index in [1.165, 1.54) is 18.2 Å². The van der Waals surface area contributed by atoms with Crippen molar-refractivity contribution in [1.29, 1.82) is 0 Å². The van der Waals surface area contributed by atoms with Gasteiger partial charge in [-0.3, -0.25) is 19.2 Å². The molecular weight excluding hydrogens is 408 g/mol. The fourth-order valence-electron chi connectivity index (χ4n) is 2.27. The number of rotatable bonds is 7. The molecule has 0 aliphatic rings. The SMILES string of the molecule is Cc1cccc(N(CC(=O)N/N=C\c2cc([N+](=O)[O-])ccc2Cl)S(C)(=O)=O)c1. The third kappa shape index (κ3) is 5.76. The average molecular weight is 425 g/mol. The van der Waals surface area contributed by atoms with Crippen LogP contribution in [0.2, 0.25) is 5.02 Å². The highest BCUT2D eigenvalue weighted by atomic mass is 35.5. The number of carbonyl (C=O) groups excluding carboxylic acids is 1. The Morgan fingerprint density at radius 2 is 2.04 bits per heavy atom. The number of nitrogens with one attached hydrogen (secondary N) is 1. The maximum Gasteiger partial charge on any atom is 0.270 e. The molecule has 2 aromatic carbocycles. The number of nitrogens with zero attached hydrogens (tertiary/aromatic N) is 3. The van der Waals surface area contributed by atoms with Gasteiger partial charge in [-0.05, 0) is 30.7 Å². The number of carbonyl (C=O) groups is 1. The molecule has 2 rings (SSSR count). The van der Waals surface area contributed by atoms with Crippen LogP contribution in [0, 0.1) is 17.0 Å². The van der Waals surface area contributed by atoms with E-state index in [1.807, 2.05) is 0 Å². The first-order chi connectivity index (χ1) is 13.1. The van der Waals surface area contributed by atoms with Gasteiger partial charge in [0.15, 0.2) is 0 Å². The van der Waals surface area contributed by atoms with E-state index in [4.69, 9.17) is 11.6 Å². The van der Waals surface area contributed by atoms with Crippen LogP contribution in [0.5, 0.6) is 0 Å². The minimum atomic E-state index is -3.70. The summed E-state index contributed by atoms with van der Waals surface area (Å²) in [5.41, 5.74) is 3.43. The lowest BCUT2D eigenvalue weighted by Crippen LogP contribution is -2.39. The smallest absolute Gasteiger partial charge is 0.270 e. The molecule has 0 saturated heterocycles. The van der Waals surface area contributed by atoms with Crippen molar-refractivity contribution in [3.63, 3.8) is 0 Å². The standard InChI is InChI=1S/C17H17ClN4O5S/c1-12-4-3-5-14(8-12)21(28(2,26)27)11-17(23)20-19-10-13-9-15(22(24)25)6-7-16(13)18/h3-10H,11H2,1-2H3,(H,20,23)/b19-10-. The summed E-state index contributed by atoms with van der Waals surface area (Å²) >= 11 is 5.94. The Balaban J connectivity index is 2.13. The highest BCUT2D eigenvalue weighted by Crippen LogP contribution is 2.20. The van der Waals surface area contributed by atoms with Gasteiger partial charge in [0.2, 0.25) is 10.0 Å². The molecule has 0 aromatic heterocycles. The van der Waals surface area contributed by atoms with E-state index in [0.717, 1.165) is 22.3 Å². The number of amides is 1. The number of benzene rings is 2. The fraction of sp³-hybridized carbons (Fsp3) is 0.176. The Hall–Kier alpha value is -2.98. The number of nitro groups is 1. The molecule has 0 unspecified atom stereocenters. The van der Waals surface area contributed by atoms with Crippen molar-refractivity contribution >= 4 is 45.1 Å². The lowest BCUT2D eigenvalue weighted by atomic mass is 10.2. The van der Waals surface area contributed by atoms with Crippen LogP contribution in [-0.2, 0) is 14.8 Å². The van der Waals surface area contributed by atoms with Crippen molar-refractivity contribution in [2.75, 3.05) is 17.1 Å². The number of anilines is 1. The summed E-state index contributed by atoms with van der Waals surface area (Å²) in [6.07, 6.45) is 2.14. The van der Waals surface area contributed by atoms with Gasteiger partial charge in [-0.25, -0.2) is 13.8 Å². The molecule has 1 N–H and O–H groups in total. The number of non-ortho nitro benzene ring substituents is 1. The van der Waals surface area contributed by atoms with Gasteiger partial charge < -0.3 is 0 Å². The molecule has 0 aliphatic heterocycles. The second-order valence-electron chi connectivity index (χ2n) is 5.86. The minimum Gasteiger partial charge on any atom is -0.271 e. The van der Waals surface area contributed by atoms with E-state index in [2.05, 4.69) is 10.5 Å². The van der Waals surface area contributed by atoms with Gasteiger partial charge in [0.1, 0.15) is 6.54 Å². The van der Waals surface area contributed by atoms with Gasteiger partial charge in [-0.15, -0.1) is 0 Å². The van der Waals surface area contributed by atoms with Gasteiger partial charge in [0.25, 0.3) is 11.6 Å². The van der Waals surface area contributed by atoms with Crippen LogP contribution in [0.3, 0.4) is 0 Å². The first-order valence-corrected chi connectivity index (χ1v) is 10.1. The summed E-state index contributed by atoms with van der Waals surface area (Å²) in [7, 11) is -3.70. The van der Waals surface area contributed by atoms with Crippen LogP contribution in [0.1, 0.15) is 11.1 Å². The maximum absolute atomic E-state index is 12.1. The highest BCUT2D eigenvalue weighted by Gasteiger charge is 2.20. The van der Waals surface area contributed by atoms with Crippen molar-refractivity contribution in [1.82, 2.24) is 5.43 Å². The molecule has 0 aliphatic carbocycles. The molecule has 11 heteroatoms. The number of hydrogen-bond acceptors (Lipinski definition) is 6. The lowest BCUT2D eigenvalue weighted by molar-refractivity contribution is -0.384. The van der Waals surface area contributed by atoms with Crippen molar-refractivity contribution in [2.24, 2.45) is 5.10 Å². The summed E-state index contributed by atoms with van der Waals surface area (Å²) in [6, 6.07) is 10.5. The number of aryl methyl sites for hydroxylation is 1. The van der Waals surface area contributed by atoms with Crippen LogP contribution < -0.4 is 9.73 Å². The minimum absolute atomic E-state index is 0.181. The third-order valence-electron chi connectivity index (χ3n) is 3.56. The normalized spacial score (nSPS) is 11.4. The van der Waals surface area contributed by atoms with Crippen molar-refractivity contribution in [2.45, 2.75) is 6.92 Å². The monoisotopic (exact) mass is 424 g/mol. The highest BCUT2D eigenvalue weighted by molar-refractivity contribution is 7.92. The Bertz CT molecular complexity index is 1040. The van der Waals surface area contributed by atoms with E-state index in [0.29, 0.717) is 5.69 Å². The van der Waals surface area contributed by atoms with Gasteiger partial charge in [0, 0.05) is 22.7 Å². The van der Waals surface area contributed by atoms with Gasteiger partial charge in [-0.1, -0.05) is 23.7 Å². The zero-order chi connectivity index (χ0) is 20.9. The van der Waals surface area contributed by atoms with Crippen LogP contribution in [-0.4, -0.2) is 38.3 Å². The number of hydrazone groups is 1.